The summed E-state index contributed by atoms with van der Waals surface area (Å²) in [4.78, 5) is 19.5. The highest BCUT2D eigenvalue weighted by Crippen LogP contribution is 2.59. The number of nitrogens with one attached hydrogen (secondary N) is 1. The fourth-order valence-corrected chi connectivity index (χ4v) is 5.80. The molecule has 4 heteroatoms. The van der Waals surface area contributed by atoms with Crippen LogP contribution in [0.2, 0.25) is 0 Å². The van der Waals surface area contributed by atoms with Crippen LogP contribution in [0.1, 0.15) is 38.5 Å². The van der Waals surface area contributed by atoms with Gasteiger partial charge in [0.05, 0.1) is 17.6 Å². The minimum atomic E-state index is -0.214. The second-order valence-electron chi connectivity index (χ2n) is 8.09. The molecule has 0 unspecified atom stereocenters. The Kier molecular flexibility index (Phi) is 2.85. The summed E-state index contributed by atoms with van der Waals surface area (Å²) in [5.74, 6) is 2.92. The van der Waals surface area contributed by atoms with Gasteiger partial charge in [-0.25, -0.2) is 4.98 Å². The van der Waals surface area contributed by atoms with Crippen LogP contribution in [-0.2, 0) is 0 Å². The molecule has 1 N–H and O–H groups in total. The van der Waals surface area contributed by atoms with Gasteiger partial charge in [-0.3, -0.25) is 4.79 Å². The van der Waals surface area contributed by atoms with E-state index in [1.54, 1.807) is 0 Å². The summed E-state index contributed by atoms with van der Waals surface area (Å²) in [5.41, 5.74) is 1.63. The lowest BCUT2D eigenvalue weighted by molar-refractivity contribution is -0.0753. The molecule has 4 aliphatic rings. The number of aromatic nitrogens is 2. The first-order chi connectivity index (χ1) is 11.2. The molecular formula is C19H22N2O2. The van der Waals surface area contributed by atoms with Crippen LogP contribution in [0.15, 0.2) is 29.1 Å². The van der Waals surface area contributed by atoms with Crippen molar-refractivity contribution in [2.75, 3.05) is 6.61 Å². The van der Waals surface area contributed by atoms with E-state index in [4.69, 9.17) is 4.74 Å². The van der Waals surface area contributed by atoms with Gasteiger partial charge < -0.3 is 9.72 Å². The number of hydrogen-bond donors (Lipinski definition) is 1. The predicted octanol–water partition coefficient (Wildman–Crippen LogP) is 3.52. The van der Waals surface area contributed by atoms with Crippen molar-refractivity contribution in [3.05, 3.63) is 34.6 Å². The average molecular weight is 310 g/mol. The third kappa shape index (κ3) is 2.27. The van der Waals surface area contributed by atoms with Crippen molar-refractivity contribution >= 4 is 11.0 Å². The minimum Gasteiger partial charge on any atom is -0.473 e. The molecule has 4 saturated carbocycles. The highest BCUT2D eigenvalue weighted by atomic mass is 16.5. The van der Waals surface area contributed by atoms with Crippen LogP contribution in [0, 0.1) is 23.2 Å². The van der Waals surface area contributed by atoms with E-state index in [9.17, 15) is 4.79 Å². The molecule has 0 aliphatic heterocycles. The quantitative estimate of drug-likeness (QED) is 0.943. The maximum atomic E-state index is 12.2. The molecule has 6 rings (SSSR count). The van der Waals surface area contributed by atoms with Gasteiger partial charge in [0.25, 0.3) is 5.88 Å². The fourth-order valence-electron chi connectivity index (χ4n) is 5.80. The standard InChI is InChI=1S/C19H22N2O2/c22-17-18(21-16-4-2-1-3-15(16)20-17)23-11-19-8-12-5-13(9-19)7-14(6-12)10-19/h1-4,12-14H,5-11H2,(H,20,22). The molecule has 4 fully saturated rings. The lowest BCUT2D eigenvalue weighted by Crippen LogP contribution is -2.48. The van der Waals surface area contributed by atoms with Crippen LogP contribution in [0.25, 0.3) is 11.0 Å². The summed E-state index contributed by atoms with van der Waals surface area (Å²) in [6.45, 7) is 0.658. The molecule has 1 aromatic carbocycles. The minimum absolute atomic E-state index is 0.214. The number of hydrogen-bond acceptors (Lipinski definition) is 3. The number of ether oxygens (including phenoxy) is 1. The second-order valence-corrected chi connectivity index (χ2v) is 8.09. The van der Waals surface area contributed by atoms with Crippen molar-refractivity contribution in [2.24, 2.45) is 23.2 Å². The summed E-state index contributed by atoms with van der Waals surface area (Å²) in [7, 11) is 0. The third-order valence-corrected chi connectivity index (χ3v) is 6.25. The lowest BCUT2D eigenvalue weighted by atomic mass is 9.50. The number of H-pyrrole nitrogens is 1. The Balaban J connectivity index is 1.40. The van der Waals surface area contributed by atoms with Crippen LogP contribution in [0.4, 0.5) is 0 Å². The number of rotatable bonds is 3. The third-order valence-electron chi connectivity index (χ3n) is 6.25. The molecule has 0 spiro atoms. The largest absolute Gasteiger partial charge is 0.473 e. The normalized spacial score (nSPS) is 34.9. The average Bonchev–Trinajstić information content (AvgIpc) is 2.51. The first kappa shape index (κ1) is 13.6. The van der Waals surface area contributed by atoms with Crippen LogP contribution >= 0.6 is 0 Å². The van der Waals surface area contributed by atoms with E-state index < -0.39 is 0 Å². The van der Waals surface area contributed by atoms with Gasteiger partial charge >= 0.3 is 5.56 Å². The van der Waals surface area contributed by atoms with Crippen LogP contribution < -0.4 is 10.3 Å². The molecule has 0 radical (unpaired) electrons. The van der Waals surface area contributed by atoms with Gasteiger partial charge in [0.1, 0.15) is 0 Å². The highest BCUT2D eigenvalue weighted by Gasteiger charge is 2.51. The summed E-state index contributed by atoms with van der Waals surface area (Å²) in [6, 6.07) is 7.60. The molecule has 0 saturated heterocycles. The van der Waals surface area contributed by atoms with E-state index in [2.05, 4.69) is 9.97 Å². The highest BCUT2D eigenvalue weighted by molar-refractivity contribution is 5.73. The predicted molar refractivity (Wildman–Crippen MR) is 88.5 cm³/mol. The van der Waals surface area contributed by atoms with E-state index in [0.717, 1.165) is 28.8 Å². The number of nitrogens with zero attached hydrogens (tertiary/aromatic N) is 1. The smallest absolute Gasteiger partial charge is 0.311 e. The Morgan fingerprint density at radius 3 is 2.43 bits per heavy atom. The zero-order valence-corrected chi connectivity index (χ0v) is 13.3. The Labute approximate surface area is 135 Å². The number of benzene rings is 1. The van der Waals surface area contributed by atoms with Gasteiger partial charge in [0.15, 0.2) is 0 Å². The number of fused-ring (bicyclic) bond motifs is 1. The monoisotopic (exact) mass is 310 g/mol. The maximum Gasteiger partial charge on any atom is 0.311 e. The fraction of sp³-hybridized carbons (Fsp3) is 0.579. The van der Waals surface area contributed by atoms with Gasteiger partial charge in [0, 0.05) is 5.41 Å². The molecule has 120 valence electrons. The van der Waals surface area contributed by atoms with E-state index in [1.165, 1.54) is 38.5 Å². The molecule has 4 bridgehead atoms. The molecule has 4 aliphatic carbocycles. The van der Waals surface area contributed by atoms with Gasteiger partial charge in [0.2, 0.25) is 0 Å². The van der Waals surface area contributed by atoms with E-state index in [0.29, 0.717) is 12.0 Å². The van der Waals surface area contributed by atoms with E-state index in [-0.39, 0.29) is 11.4 Å². The molecule has 1 aromatic heterocycles. The van der Waals surface area contributed by atoms with E-state index in [1.807, 2.05) is 24.3 Å². The zero-order chi connectivity index (χ0) is 15.4. The maximum absolute atomic E-state index is 12.2. The number of para-hydroxylation sites is 2. The van der Waals surface area contributed by atoms with Crippen molar-refractivity contribution in [1.29, 1.82) is 0 Å². The van der Waals surface area contributed by atoms with Crippen LogP contribution in [-0.4, -0.2) is 16.6 Å². The Bertz CT molecular complexity index is 775. The Morgan fingerprint density at radius 2 is 1.74 bits per heavy atom. The summed E-state index contributed by atoms with van der Waals surface area (Å²) in [6.07, 6.45) is 8.12. The molecular weight excluding hydrogens is 288 g/mol. The molecule has 4 nitrogen and oxygen atoms in total. The summed E-state index contributed by atoms with van der Waals surface area (Å²) < 4.78 is 5.97. The second kappa shape index (κ2) is 4.83. The lowest BCUT2D eigenvalue weighted by Gasteiger charge is -2.56. The topological polar surface area (TPSA) is 55.0 Å². The van der Waals surface area contributed by atoms with Crippen molar-refractivity contribution in [2.45, 2.75) is 38.5 Å². The first-order valence-electron chi connectivity index (χ1n) is 8.81. The Morgan fingerprint density at radius 1 is 1.09 bits per heavy atom. The Hall–Kier alpha value is -1.84. The summed E-state index contributed by atoms with van der Waals surface area (Å²) >= 11 is 0. The summed E-state index contributed by atoms with van der Waals surface area (Å²) in [5, 5.41) is 0. The van der Waals surface area contributed by atoms with Gasteiger partial charge in [-0.2, -0.15) is 0 Å². The first-order valence-corrected chi connectivity index (χ1v) is 8.81. The van der Waals surface area contributed by atoms with Crippen LogP contribution in [0.3, 0.4) is 0 Å². The zero-order valence-electron chi connectivity index (χ0n) is 13.3. The van der Waals surface area contributed by atoms with Crippen molar-refractivity contribution < 1.29 is 4.74 Å². The van der Waals surface area contributed by atoms with Gasteiger partial charge in [-0.15, -0.1) is 0 Å². The van der Waals surface area contributed by atoms with Gasteiger partial charge in [-0.05, 0) is 68.4 Å². The molecule has 23 heavy (non-hydrogen) atoms. The molecule has 0 atom stereocenters. The van der Waals surface area contributed by atoms with Crippen molar-refractivity contribution in [3.8, 4) is 5.88 Å². The number of aromatic amines is 1. The van der Waals surface area contributed by atoms with Gasteiger partial charge in [-0.1, -0.05) is 12.1 Å². The molecule has 1 heterocycles. The van der Waals surface area contributed by atoms with Crippen LogP contribution in [0.5, 0.6) is 5.88 Å². The van der Waals surface area contributed by atoms with Crippen molar-refractivity contribution in [3.63, 3.8) is 0 Å². The molecule has 2 aromatic rings. The molecule has 0 amide bonds. The SMILES string of the molecule is O=c1[nH]c2ccccc2nc1OCC12CC3CC(CC(C3)C1)C2. The van der Waals surface area contributed by atoms with Crippen molar-refractivity contribution in [1.82, 2.24) is 9.97 Å². The van der Waals surface area contributed by atoms with E-state index >= 15 is 0 Å².